The maximum atomic E-state index is 3.62. The highest BCUT2D eigenvalue weighted by Gasteiger charge is 2.15. The third-order valence-electron chi connectivity index (χ3n) is 3.93. The van der Waals surface area contributed by atoms with Crippen LogP contribution in [0.1, 0.15) is 43.6 Å². The molecule has 0 N–H and O–H groups in total. The van der Waals surface area contributed by atoms with Crippen molar-refractivity contribution in [2.75, 3.05) is 0 Å². The average molecular weight is 289 g/mol. The largest absolute Gasteiger partial charge is 0.0605 e. The van der Waals surface area contributed by atoms with Crippen molar-refractivity contribution >= 4 is 26.7 Å². The highest BCUT2D eigenvalue weighted by molar-refractivity contribution is 9.10. The number of rotatable bonds is 1. The summed E-state index contributed by atoms with van der Waals surface area (Å²) in [5, 5.41) is 2.69. The number of benzene rings is 2. The van der Waals surface area contributed by atoms with Crippen LogP contribution in [-0.4, -0.2) is 0 Å². The van der Waals surface area contributed by atoms with Gasteiger partial charge in [-0.05, 0) is 41.2 Å². The van der Waals surface area contributed by atoms with Crippen LogP contribution in [0.15, 0.2) is 40.9 Å². The molecule has 0 spiro atoms. The van der Waals surface area contributed by atoms with Crippen LogP contribution in [0.3, 0.4) is 0 Å². The van der Waals surface area contributed by atoms with Crippen LogP contribution in [0.4, 0.5) is 0 Å². The molecule has 2 aromatic carbocycles. The zero-order valence-corrected chi connectivity index (χ0v) is 11.5. The fourth-order valence-electron chi connectivity index (χ4n) is 2.95. The van der Waals surface area contributed by atoms with Gasteiger partial charge < -0.3 is 0 Å². The summed E-state index contributed by atoms with van der Waals surface area (Å²) in [6, 6.07) is 13.4. The van der Waals surface area contributed by atoms with Crippen molar-refractivity contribution in [2.24, 2.45) is 0 Å². The zero-order chi connectivity index (χ0) is 11.7. The molecule has 3 rings (SSSR count). The van der Waals surface area contributed by atoms with E-state index < -0.39 is 0 Å². The number of hydrogen-bond donors (Lipinski definition) is 0. The molecule has 1 aliphatic rings. The molecule has 0 amide bonds. The van der Waals surface area contributed by atoms with E-state index >= 15 is 0 Å². The molecule has 0 aliphatic heterocycles. The standard InChI is InChI=1S/C16H17Br/c17-16-8-4-7-14-11-13(9-10-15(14)16)12-5-2-1-3-6-12/h4,7-12H,1-3,5-6H2. The van der Waals surface area contributed by atoms with E-state index in [0.717, 1.165) is 5.92 Å². The van der Waals surface area contributed by atoms with E-state index in [1.165, 1.54) is 52.9 Å². The van der Waals surface area contributed by atoms with Crippen LogP contribution in [0.2, 0.25) is 0 Å². The van der Waals surface area contributed by atoms with Crippen molar-refractivity contribution in [1.29, 1.82) is 0 Å². The highest BCUT2D eigenvalue weighted by atomic mass is 79.9. The molecule has 1 heteroatoms. The van der Waals surface area contributed by atoms with E-state index in [-0.39, 0.29) is 0 Å². The van der Waals surface area contributed by atoms with E-state index in [2.05, 4.69) is 52.3 Å². The van der Waals surface area contributed by atoms with Crippen molar-refractivity contribution < 1.29 is 0 Å². The lowest BCUT2D eigenvalue weighted by Gasteiger charge is -2.22. The van der Waals surface area contributed by atoms with E-state index in [9.17, 15) is 0 Å². The van der Waals surface area contributed by atoms with E-state index in [1.54, 1.807) is 0 Å². The van der Waals surface area contributed by atoms with Gasteiger partial charge in [0.25, 0.3) is 0 Å². The predicted octanol–water partition coefficient (Wildman–Crippen LogP) is 5.65. The second-order valence-electron chi connectivity index (χ2n) is 5.06. The predicted molar refractivity (Wildman–Crippen MR) is 77.5 cm³/mol. The van der Waals surface area contributed by atoms with Gasteiger partial charge in [-0.3, -0.25) is 0 Å². The van der Waals surface area contributed by atoms with Gasteiger partial charge in [0, 0.05) is 4.47 Å². The van der Waals surface area contributed by atoms with Crippen LogP contribution in [-0.2, 0) is 0 Å². The van der Waals surface area contributed by atoms with Crippen LogP contribution < -0.4 is 0 Å². The molecular formula is C16H17Br. The first-order valence-corrected chi connectivity index (χ1v) is 7.32. The van der Waals surface area contributed by atoms with Gasteiger partial charge in [-0.2, -0.15) is 0 Å². The third-order valence-corrected chi connectivity index (χ3v) is 4.62. The summed E-state index contributed by atoms with van der Waals surface area (Å²) in [4.78, 5) is 0. The quantitative estimate of drug-likeness (QED) is 0.636. The molecule has 0 bridgehead atoms. The first kappa shape index (κ1) is 11.3. The van der Waals surface area contributed by atoms with Gasteiger partial charge in [0.15, 0.2) is 0 Å². The minimum absolute atomic E-state index is 0.798. The molecule has 0 aromatic heterocycles. The van der Waals surface area contributed by atoms with Gasteiger partial charge in [0.1, 0.15) is 0 Å². The number of halogens is 1. The summed E-state index contributed by atoms with van der Waals surface area (Å²) < 4.78 is 1.20. The van der Waals surface area contributed by atoms with Crippen molar-refractivity contribution in [3.05, 3.63) is 46.4 Å². The monoisotopic (exact) mass is 288 g/mol. The molecular weight excluding hydrogens is 272 g/mol. The summed E-state index contributed by atoms with van der Waals surface area (Å²) >= 11 is 3.62. The second kappa shape index (κ2) is 4.81. The number of hydrogen-bond acceptors (Lipinski definition) is 0. The van der Waals surface area contributed by atoms with Crippen LogP contribution in [0.5, 0.6) is 0 Å². The summed E-state index contributed by atoms with van der Waals surface area (Å²) in [5.74, 6) is 0.798. The van der Waals surface area contributed by atoms with Gasteiger partial charge in [-0.1, -0.05) is 65.5 Å². The Morgan fingerprint density at radius 3 is 2.59 bits per heavy atom. The van der Waals surface area contributed by atoms with Gasteiger partial charge in [-0.25, -0.2) is 0 Å². The maximum Gasteiger partial charge on any atom is 0.0253 e. The zero-order valence-electron chi connectivity index (χ0n) is 9.95. The Balaban J connectivity index is 2.01. The highest BCUT2D eigenvalue weighted by Crippen LogP contribution is 2.34. The average Bonchev–Trinajstić information content (AvgIpc) is 2.40. The Labute approximate surface area is 111 Å². The topological polar surface area (TPSA) is 0 Å². The molecule has 0 nitrogen and oxygen atoms in total. The van der Waals surface area contributed by atoms with Crippen molar-refractivity contribution in [1.82, 2.24) is 0 Å². The van der Waals surface area contributed by atoms with E-state index in [0.29, 0.717) is 0 Å². The second-order valence-corrected chi connectivity index (χ2v) is 5.91. The molecule has 0 saturated heterocycles. The van der Waals surface area contributed by atoms with Crippen LogP contribution >= 0.6 is 15.9 Å². The molecule has 0 atom stereocenters. The Kier molecular flexibility index (Phi) is 3.19. The Morgan fingerprint density at radius 1 is 0.941 bits per heavy atom. The molecule has 0 unspecified atom stereocenters. The van der Waals surface area contributed by atoms with Crippen LogP contribution in [0, 0.1) is 0 Å². The Bertz CT molecular complexity index is 524. The van der Waals surface area contributed by atoms with Crippen molar-refractivity contribution in [2.45, 2.75) is 38.0 Å². The summed E-state index contributed by atoms with van der Waals surface area (Å²) in [7, 11) is 0. The summed E-state index contributed by atoms with van der Waals surface area (Å²) in [6.45, 7) is 0. The lowest BCUT2D eigenvalue weighted by Crippen LogP contribution is -2.04. The van der Waals surface area contributed by atoms with Gasteiger partial charge >= 0.3 is 0 Å². The Hall–Kier alpha value is -0.820. The minimum Gasteiger partial charge on any atom is -0.0605 e. The fraction of sp³-hybridized carbons (Fsp3) is 0.375. The molecule has 1 fully saturated rings. The summed E-state index contributed by atoms with van der Waals surface area (Å²) in [5.41, 5.74) is 1.54. The lowest BCUT2D eigenvalue weighted by atomic mass is 9.83. The van der Waals surface area contributed by atoms with Gasteiger partial charge in [0.2, 0.25) is 0 Å². The summed E-state index contributed by atoms with van der Waals surface area (Å²) in [6.07, 6.45) is 6.98. The first-order chi connectivity index (χ1) is 8.34. The van der Waals surface area contributed by atoms with Gasteiger partial charge in [-0.15, -0.1) is 0 Å². The molecule has 2 aromatic rings. The fourth-order valence-corrected chi connectivity index (χ4v) is 3.47. The van der Waals surface area contributed by atoms with Crippen molar-refractivity contribution in [3.8, 4) is 0 Å². The van der Waals surface area contributed by atoms with Crippen molar-refractivity contribution in [3.63, 3.8) is 0 Å². The van der Waals surface area contributed by atoms with Crippen LogP contribution in [0.25, 0.3) is 10.8 Å². The first-order valence-electron chi connectivity index (χ1n) is 6.53. The molecule has 1 aliphatic carbocycles. The molecule has 0 heterocycles. The van der Waals surface area contributed by atoms with Gasteiger partial charge in [0.05, 0.1) is 0 Å². The smallest absolute Gasteiger partial charge is 0.0253 e. The van der Waals surface area contributed by atoms with E-state index in [1.807, 2.05) is 0 Å². The maximum absolute atomic E-state index is 3.62. The van der Waals surface area contributed by atoms with E-state index in [4.69, 9.17) is 0 Å². The SMILES string of the molecule is Brc1cccc2cc(C3CCCCC3)ccc12. The lowest BCUT2D eigenvalue weighted by molar-refractivity contribution is 0.444. The molecule has 0 radical (unpaired) electrons. The molecule has 88 valence electrons. The third kappa shape index (κ3) is 2.26. The molecule has 1 saturated carbocycles. The normalized spacial score (nSPS) is 17.5. The minimum atomic E-state index is 0.798. The Morgan fingerprint density at radius 2 is 1.76 bits per heavy atom. The molecule has 17 heavy (non-hydrogen) atoms. The number of fused-ring (bicyclic) bond motifs is 1.